The summed E-state index contributed by atoms with van der Waals surface area (Å²) in [6.45, 7) is 0. The van der Waals surface area contributed by atoms with Gasteiger partial charge >= 0.3 is 0 Å². The van der Waals surface area contributed by atoms with E-state index in [9.17, 15) is 0 Å². The van der Waals surface area contributed by atoms with Gasteiger partial charge < -0.3 is 5.73 Å². The van der Waals surface area contributed by atoms with Gasteiger partial charge in [0.15, 0.2) is 5.16 Å². The van der Waals surface area contributed by atoms with Crippen molar-refractivity contribution in [3.05, 3.63) is 41.5 Å². The second-order valence-electron chi connectivity index (χ2n) is 3.70. The van der Waals surface area contributed by atoms with Gasteiger partial charge in [-0.25, -0.2) is 0 Å². The molecular weight excluding hydrogens is 248 g/mol. The maximum atomic E-state index is 7.75. The van der Waals surface area contributed by atoms with Gasteiger partial charge in [0, 0.05) is 5.75 Å². The fourth-order valence-corrected chi connectivity index (χ4v) is 2.55. The number of nitrogens with two attached hydrogens (primary N) is 1. The van der Waals surface area contributed by atoms with Crippen molar-refractivity contribution in [1.29, 1.82) is 5.41 Å². The molecule has 2 aromatic rings. The van der Waals surface area contributed by atoms with E-state index >= 15 is 0 Å². The summed E-state index contributed by atoms with van der Waals surface area (Å²) in [6.07, 6.45) is 0. The number of rotatable bonds is 1. The fraction of sp³-hybridized carbons (Fsp3) is 0.0909. The number of thioether (sulfide) groups is 1. The van der Waals surface area contributed by atoms with E-state index in [0.29, 0.717) is 10.9 Å². The highest BCUT2D eigenvalue weighted by Gasteiger charge is 2.16. The van der Waals surface area contributed by atoms with Gasteiger partial charge in [-0.1, -0.05) is 42.1 Å². The number of hydrogen-bond donors (Lipinski definition) is 2. The summed E-state index contributed by atoms with van der Waals surface area (Å²) in [6, 6.07) is 9.87. The number of aromatic nitrogens is 3. The molecule has 0 fully saturated rings. The molecule has 1 aliphatic rings. The van der Waals surface area contributed by atoms with Gasteiger partial charge in [0.1, 0.15) is 0 Å². The zero-order chi connectivity index (χ0) is 12.5. The Bertz CT molecular complexity index is 676. The van der Waals surface area contributed by atoms with E-state index in [0.717, 1.165) is 11.3 Å². The summed E-state index contributed by atoms with van der Waals surface area (Å²) in [4.78, 5) is 7.86. The SMILES string of the molecule is N=c1nc(N)nc2n1N=C(c1ccccc1)CS2. The fourth-order valence-electron chi connectivity index (χ4n) is 1.65. The summed E-state index contributed by atoms with van der Waals surface area (Å²) in [5.74, 6) is 0.817. The van der Waals surface area contributed by atoms with Crippen molar-refractivity contribution in [3.8, 4) is 0 Å². The van der Waals surface area contributed by atoms with Crippen LogP contribution in [0.3, 0.4) is 0 Å². The minimum absolute atomic E-state index is 0.00173. The molecule has 0 saturated carbocycles. The maximum Gasteiger partial charge on any atom is 0.248 e. The third-order valence-corrected chi connectivity index (χ3v) is 3.42. The topological polar surface area (TPSA) is 92.9 Å². The molecule has 1 aromatic carbocycles. The second kappa shape index (κ2) is 4.26. The summed E-state index contributed by atoms with van der Waals surface area (Å²) in [7, 11) is 0. The van der Waals surface area contributed by atoms with Crippen molar-refractivity contribution in [2.75, 3.05) is 11.5 Å². The standard InChI is InChI=1S/C11H10N6S/c12-9-14-10(13)17-11(15-9)18-6-8(16-17)7-4-2-1-3-5-7/h1-5H,6H2,(H3,12,13,14). The third kappa shape index (κ3) is 1.88. The highest BCUT2D eigenvalue weighted by molar-refractivity contribution is 7.99. The Morgan fingerprint density at radius 2 is 2.00 bits per heavy atom. The molecule has 0 amide bonds. The predicted molar refractivity (Wildman–Crippen MR) is 69.4 cm³/mol. The van der Waals surface area contributed by atoms with Crippen LogP contribution in [0.15, 0.2) is 40.6 Å². The summed E-state index contributed by atoms with van der Waals surface area (Å²) in [5, 5.41) is 12.8. The molecule has 7 heteroatoms. The molecule has 18 heavy (non-hydrogen) atoms. The molecule has 0 radical (unpaired) electrons. The van der Waals surface area contributed by atoms with Crippen molar-refractivity contribution >= 4 is 23.4 Å². The quantitative estimate of drug-likeness (QED) is 0.787. The average Bonchev–Trinajstić information content (AvgIpc) is 2.39. The number of nitrogens with one attached hydrogen (secondary N) is 1. The summed E-state index contributed by atoms with van der Waals surface area (Å²) >= 11 is 1.50. The Hall–Kier alpha value is -2.15. The predicted octanol–water partition coefficient (Wildman–Crippen LogP) is 0.698. The lowest BCUT2D eigenvalue weighted by atomic mass is 10.1. The van der Waals surface area contributed by atoms with Gasteiger partial charge in [-0.2, -0.15) is 19.7 Å². The molecule has 90 valence electrons. The molecule has 0 saturated heterocycles. The van der Waals surface area contributed by atoms with Crippen LogP contribution in [-0.4, -0.2) is 26.1 Å². The zero-order valence-electron chi connectivity index (χ0n) is 9.37. The maximum absolute atomic E-state index is 7.75. The first kappa shape index (κ1) is 11.0. The lowest BCUT2D eigenvalue weighted by Gasteiger charge is -2.15. The molecule has 0 aliphatic carbocycles. The van der Waals surface area contributed by atoms with E-state index in [1.165, 1.54) is 16.4 Å². The molecular formula is C11H10N6S. The van der Waals surface area contributed by atoms with Crippen LogP contribution >= 0.6 is 11.8 Å². The zero-order valence-corrected chi connectivity index (χ0v) is 10.2. The smallest absolute Gasteiger partial charge is 0.248 e. The van der Waals surface area contributed by atoms with Crippen molar-refractivity contribution in [3.63, 3.8) is 0 Å². The molecule has 2 heterocycles. The number of nitrogens with zero attached hydrogens (tertiary/aromatic N) is 4. The number of nitrogen functional groups attached to an aromatic ring is 1. The van der Waals surface area contributed by atoms with Crippen LogP contribution in [0.1, 0.15) is 5.56 Å². The molecule has 3 N–H and O–H groups in total. The Balaban J connectivity index is 2.12. The number of hydrogen-bond acceptors (Lipinski definition) is 6. The van der Waals surface area contributed by atoms with Crippen LogP contribution in [-0.2, 0) is 0 Å². The average molecular weight is 258 g/mol. The van der Waals surface area contributed by atoms with Crippen LogP contribution in [0, 0.1) is 5.41 Å². The largest absolute Gasteiger partial charge is 0.368 e. The highest BCUT2D eigenvalue weighted by atomic mass is 32.2. The van der Waals surface area contributed by atoms with E-state index < -0.39 is 0 Å². The molecule has 1 aliphatic heterocycles. The molecule has 1 aromatic heterocycles. The third-order valence-electron chi connectivity index (χ3n) is 2.48. The summed E-state index contributed by atoms with van der Waals surface area (Å²) < 4.78 is 1.41. The van der Waals surface area contributed by atoms with Crippen molar-refractivity contribution in [1.82, 2.24) is 14.6 Å². The van der Waals surface area contributed by atoms with E-state index in [1.807, 2.05) is 30.3 Å². The molecule has 6 nitrogen and oxygen atoms in total. The van der Waals surface area contributed by atoms with Gasteiger partial charge in [0.25, 0.3) is 0 Å². The minimum atomic E-state index is -0.00173. The van der Waals surface area contributed by atoms with Crippen molar-refractivity contribution in [2.45, 2.75) is 5.16 Å². The van der Waals surface area contributed by atoms with Gasteiger partial charge in [0.05, 0.1) is 5.71 Å². The number of fused-ring (bicyclic) bond motifs is 1. The van der Waals surface area contributed by atoms with E-state index in [-0.39, 0.29) is 11.6 Å². The van der Waals surface area contributed by atoms with Crippen LogP contribution in [0.5, 0.6) is 0 Å². The first-order valence-electron chi connectivity index (χ1n) is 5.31. The highest BCUT2D eigenvalue weighted by Crippen LogP contribution is 2.21. The summed E-state index contributed by atoms with van der Waals surface area (Å²) in [5.41, 5.74) is 7.45. The normalized spacial score (nSPS) is 13.9. The minimum Gasteiger partial charge on any atom is -0.368 e. The van der Waals surface area contributed by atoms with Crippen molar-refractivity contribution < 1.29 is 0 Å². The second-order valence-corrected chi connectivity index (χ2v) is 4.64. The van der Waals surface area contributed by atoms with E-state index in [4.69, 9.17) is 11.1 Å². The lowest BCUT2D eigenvalue weighted by molar-refractivity contribution is 0.626. The Morgan fingerprint density at radius 3 is 2.78 bits per heavy atom. The van der Waals surface area contributed by atoms with Gasteiger partial charge in [0.2, 0.25) is 11.6 Å². The molecule has 0 unspecified atom stereocenters. The molecule has 0 atom stereocenters. The monoisotopic (exact) mass is 258 g/mol. The first-order valence-corrected chi connectivity index (χ1v) is 6.30. The van der Waals surface area contributed by atoms with Gasteiger partial charge in [-0.3, -0.25) is 5.41 Å². The van der Waals surface area contributed by atoms with E-state index in [2.05, 4.69) is 15.1 Å². The van der Waals surface area contributed by atoms with Gasteiger partial charge in [-0.05, 0) is 5.56 Å². The molecule has 0 spiro atoms. The van der Waals surface area contributed by atoms with Crippen LogP contribution in [0.2, 0.25) is 0 Å². The Labute approximate surface area is 107 Å². The number of benzene rings is 1. The van der Waals surface area contributed by atoms with Crippen LogP contribution in [0.4, 0.5) is 5.95 Å². The Kier molecular flexibility index (Phi) is 2.60. The van der Waals surface area contributed by atoms with Gasteiger partial charge in [-0.15, -0.1) is 0 Å². The van der Waals surface area contributed by atoms with Crippen molar-refractivity contribution in [2.24, 2.45) is 5.10 Å². The molecule has 3 rings (SSSR count). The van der Waals surface area contributed by atoms with Crippen LogP contribution < -0.4 is 11.4 Å². The Morgan fingerprint density at radius 1 is 1.22 bits per heavy atom. The lowest BCUT2D eigenvalue weighted by Crippen LogP contribution is -2.28. The van der Waals surface area contributed by atoms with Crippen LogP contribution in [0.25, 0.3) is 0 Å². The van der Waals surface area contributed by atoms with E-state index in [1.54, 1.807) is 0 Å². The first-order chi connectivity index (χ1) is 8.74. The number of anilines is 1. The molecule has 0 bridgehead atoms.